The van der Waals surface area contributed by atoms with E-state index >= 15 is 0 Å². The van der Waals surface area contributed by atoms with Gasteiger partial charge in [-0.05, 0) is 18.9 Å². The normalized spacial score (nSPS) is 17.5. The summed E-state index contributed by atoms with van der Waals surface area (Å²) < 4.78 is 5.02. The molecular formula is C19H25N3O3S. The summed E-state index contributed by atoms with van der Waals surface area (Å²) in [5.74, 6) is 0.378. The van der Waals surface area contributed by atoms with Crippen LogP contribution in [0.1, 0.15) is 53.7 Å². The van der Waals surface area contributed by atoms with Crippen molar-refractivity contribution in [3.8, 4) is 0 Å². The van der Waals surface area contributed by atoms with E-state index in [2.05, 4.69) is 10.7 Å². The Bertz CT molecular complexity index is 739. The van der Waals surface area contributed by atoms with Gasteiger partial charge in [-0.25, -0.2) is 4.98 Å². The van der Waals surface area contributed by atoms with Crippen LogP contribution in [-0.4, -0.2) is 41.3 Å². The van der Waals surface area contributed by atoms with Crippen LogP contribution in [0.3, 0.4) is 0 Å². The van der Waals surface area contributed by atoms with Crippen LogP contribution in [0.15, 0.2) is 28.4 Å². The highest BCUT2D eigenvalue weighted by Gasteiger charge is 2.27. The molecule has 3 heterocycles. The predicted octanol–water partition coefficient (Wildman–Crippen LogP) is 3.07. The van der Waals surface area contributed by atoms with Gasteiger partial charge in [-0.1, -0.05) is 13.8 Å². The van der Waals surface area contributed by atoms with Gasteiger partial charge in [-0.2, -0.15) is 0 Å². The van der Waals surface area contributed by atoms with Gasteiger partial charge in [0.1, 0.15) is 6.26 Å². The maximum Gasteiger partial charge on any atom is 0.257 e. The Morgan fingerprint density at radius 2 is 2.31 bits per heavy atom. The zero-order chi connectivity index (χ0) is 18.5. The highest BCUT2D eigenvalue weighted by molar-refractivity contribution is 7.09. The molecule has 0 aliphatic carbocycles. The summed E-state index contributed by atoms with van der Waals surface area (Å²) >= 11 is 1.65. The number of nitrogens with zero attached hydrogens (tertiary/aromatic N) is 2. The number of rotatable bonds is 6. The molecule has 1 aliphatic heterocycles. The zero-order valence-electron chi connectivity index (χ0n) is 15.2. The molecule has 0 bridgehead atoms. The van der Waals surface area contributed by atoms with E-state index in [1.54, 1.807) is 17.4 Å². The third kappa shape index (κ3) is 4.52. The number of amides is 2. The summed E-state index contributed by atoms with van der Waals surface area (Å²) in [5.41, 5.74) is 1.61. The van der Waals surface area contributed by atoms with Crippen LogP contribution in [-0.2, 0) is 11.2 Å². The minimum Gasteiger partial charge on any atom is -0.472 e. The van der Waals surface area contributed by atoms with Crippen molar-refractivity contribution < 1.29 is 14.0 Å². The third-order valence-electron chi connectivity index (χ3n) is 4.60. The lowest BCUT2D eigenvalue weighted by atomic mass is 9.98. The van der Waals surface area contributed by atoms with E-state index in [4.69, 9.17) is 9.40 Å². The van der Waals surface area contributed by atoms with Crippen molar-refractivity contribution in [2.24, 2.45) is 5.92 Å². The lowest BCUT2D eigenvalue weighted by molar-refractivity contribution is -0.123. The van der Waals surface area contributed by atoms with Crippen molar-refractivity contribution in [2.45, 2.75) is 39.0 Å². The fourth-order valence-electron chi connectivity index (χ4n) is 3.07. The van der Waals surface area contributed by atoms with Gasteiger partial charge in [0.15, 0.2) is 0 Å². The topological polar surface area (TPSA) is 75.4 Å². The van der Waals surface area contributed by atoms with Gasteiger partial charge < -0.3 is 14.6 Å². The number of thiazole rings is 1. The smallest absolute Gasteiger partial charge is 0.257 e. The quantitative estimate of drug-likeness (QED) is 0.842. The number of likely N-dealkylation sites (tertiary alicyclic amines) is 1. The number of carbonyl (C=O) groups excluding carboxylic acids is 2. The molecular weight excluding hydrogens is 350 g/mol. The summed E-state index contributed by atoms with van der Waals surface area (Å²) in [5, 5.41) is 6.07. The van der Waals surface area contributed by atoms with Gasteiger partial charge in [0, 0.05) is 43.3 Å². The molecule has 2 aromatic rings. The highest BCUT2D eigenvalue weighted by atomic mass is 32.1. The van der Waals surface area contributed by atoms with Crippen LogP contribution in [0.4, 0.5) is 0 Å². The highest BCUT2D eigenvalue weighted by Crippen LogP contribution is 2.30. The number of furan rings is 1. The zero-order valence-corrected chi connectivity index (χ0v) is 16.1. The first-order valence-corrected chi connectivity index (χ1v) is 9.96. The van der Waals surface area contributed by atoms with E-state index in [-0.39, 0.29) is 23.7 Å². The minimum atomic E-state index is 0.00183. The van der Waals surface area contributed by atoms with Crippen LogP contribution >= 0.6 is 11.3 Å². The van der Waals surface area contributed by atoms with Crippen LogP contribution in [0.5, 0.6) is 0 Å². The minimum absolute atomic E-state index is 0.00183. The molecule has 1 fully saturated rings. The number of carbonyl (C=O) groups is 2. The van der Waals surface area contributed by atoms with Crippen molar-refractivity contribution in [3.63, 3.8) is 0 Å². The van der Waals surface area contributed by atoms with Crippen LogP contribution < -0.4 is 5.32 Å². The first kappa shape index (κ1) is 18.6. The molecule has 1 aliphatic rings. The molecule has 2 aromatic heterocycles. The van der Waals surface area contributed by atoms with Crippen molar-refractivity contribution in [1.29, 1.82) is 0 Å². The van der Waals surface area contributed by atoms with E-state index < -0.39 is 0 Å². The van der Waals surface area contributed by atoms with Crippen LogP contribution in [0.2, 0.25) is 0 Å². The van der Waals surface area contributed by atoms with E-state index in [1.807, 2.05) is 18.7 Å². The van der Waals surface area contributed by atoms with Gasteiger partial charge in [0.05, 0.1) is 22.5 Å². The molecule has 0 radical (unpaired) electrons. The fourth-order valence-corrected chi connectivity index (χ4v) is 4.06. The Morgan fingerprint density at radius 3 is 3.04 bits per heavy atom. The molecule has 1 saturated heterocycles. The molecule has 3 rings (SSSR count). The molecule has 140 valence electrons. The third-order valence-corrected chi connectivity index (χ3v) is 5.66. The van der Waals surface area contributed by atoms with Gasteiger partial charge in [-0.3, -0.25) is 9.59 Å². The monoisotopic (exact) mass is 375 g/mol. The second kappa shape index (κ2) is 8.49. The lowest BCUT2D eigenvalue weighted by Crippen LogP contribution is -2.38. The summed E-state index contributed by atoms with van der Waals surface area (Å²) in [4.78, 5) is 30.8. The van der Waals surface area contributed by atoms with Crippen LogP contribution in [0.25, 0.3) is 0 Å². The summed E-state index contributed by atoms with van der Waals surface area (Å²) in [6, 6.07) is 1.71. The van der Waals surface area contributed by atoms with Crippen molar-refractivity contribution in [1.82, 2.24) is 15.2 Å². The SMILES string of the molecule is CC(C)C(=O)NCCc1csc(C2CCCN(C(=O)c3ccoc3)C2)n1. The molecule has 0 spiro atoms. The second-order valence-corrected chi connectivity index (χ2v) is 7.86. The summed E-state index contributed by atoms with van der Waals surface area (Å²) in [6.07, 6.45) is 5.79. The molecule has 1 atom stereocenters. The Hall–Kier alpha value is -2.15. The van der Waals surface area contributed by atoms with E-state index in [0.29, 0.717) is 18.7 Å². The number of hydrogen-bond donors (Lipinski definition) is 1. The lowest BCUT2D eigenvalue weighted by Gasteiger charge is -2.31. The fraction of sp³-hybridized carbons (Fsp3) is 0.526. The Kier molecular flexibility index (Phi) is 6.08. The Balaban J connectivity index is 1.55. The van der Waals surface area contributed by atoms with E-state index in [1.165, 1.54) is 12.5 Å². The van der Waals surface area contributed by atoms with E-state index in [9.17, 15) is 9.59 Å². The van der Waals surface area contributed by atoms with Gasteiger partial charge in [0.2, 0.25) is 5.91 Å². The molecule has 1 N–H and O–H groups in total. The number of nitrogens with one attached hydrogen (secondary N) is 1. The number of hydrogen-bond acceptors (Lipinski definition) is 5. The van der Waals surface area contributed by atoms with Crippen LogP contribution in [0, 0.1) is 5.92 Å². The number of aromatic nitrogens is 1. The van der Waals surface area contributed by atoms with Gasteiger partial charge in [-0.15, -0.1) is 11.3 Å². The first-order chi connectivity index (χ1) is 12.5. The Morgan fingerprint density at radius 1 is 1.46 bits per heavy atom. The maximum absolute atomic E-state index is 12.5. The van der Waals surface area contributed by atoms with E-state index in [0.717, 1.165) is 36.5 Å². The largest absolute Gasteiger partial charge is 0.472 e. The summed E-state index contributed by atoms with van der Waals surface area (Å²) in [6.45, 7) is 5.85. The predicted molar refractivity (Wildman–Crippen MR) is 100 cm³/mol. The molecule has 2 amide bonds. The first-order valence-electron chi connectivity index (χ1n) is 9.08. The maximum atomic E-state index is 12.5. The second-order valence-electron chi connectivity index (χ2n) is 6.98. The average molecular weight is 375 g/mol. The van der Waals surface area contributed by atoms with Crippen molar-refractivity contribution in [2.75, 3.05) is 19.6 Å². The average Bonchev–Trinajstić information content (AvgIpc) is 3.33. The van der Waals surface area contributed by atoms with Crippen molar-refractivity contribution >= 4 is 23.2 Å². The summed E-state index contributed by atoms with van der Waals surface area (Å²) in [7, 11) is 0. The molecule has 0 aromatic carbocycles. The Labute approximate surface area is 157 Å². The number of piperidine rings is 1. The molecule has 6 nitrogen and oxygen atoms in total. The standard InChI is InChI=1S/C19H25N3O3S/c1-13(2)17(23)20-7-5-16-12-26-18(21-16)14-4-3-8-22(10-14)19(24)15-6-9-25-11-15/h6,9,11-14H,3-5,7-8,10H2,1-2H3,(H,20,23). The molecule has 1 unspecified atom stereocenters. The molecule has 26 heavy (non-hydrogen) atoms. The van der Waals surface area contributed by atoms with Crippen molar-refractivity contribution in [3.05, 3.63) is 40.2 Å². The van der Waals surface area contributed by atoms with Gasteiger partial charge in [0.25, 0.3) is 5.91 Å². The van der Waals surface area contributed by atoms with Gasteiger partial charge >= 0.3 is 0 Å². The molecule has 7 heteroatoms. The molecule has 0 saturated carbocycles.